The molecule has 1 saturated heterocycles. The summed E-state index contributed by atoms with van der Waals surface area (Å²) in [4.78, 5) is 12.0. The van der Waals surface area contributed by atoms with Gasteiger partial charge in [0, 0.05) is 25.6 Å². The van der Waals surface area contributed by atoms with Gasteiger partial charge in [-0.05, 0) is 33.6 Å². The van der Waals surface area contributed by atoms with E-state index in [9.17, 15) is 4.79 Å². The zero-order valence-corrected chi connectivity index (χ0v) is 15.6. The van der Waals surface area contributed by atoms with Crippen molar-refractivity contribution < 1.29 is 19.0 Å². The van der Waals surface area contributed by atoms with Gasteiger partial charge in [0.05, 0.1) is 31.9 Å². The molecule has 1 atom stereocenters. The predicted octanol–water partition coefficient (Wildman–Crippen LogP) is 1.88. The summed E-state index contributed by atoms with van der Waals surface area (Å²) in [6.07, 6.45) is 0.411. The Balaban J connectivity index is 0.00000264. The van der Waals surface area contributed by atoms with Crippen molar-refractivity contribution in [2.24, 2.45) is 0 Å². The molecule has 1 amide bonds. The van der Waals surface area contributed by atoms with Crippen LogP contribution < -0.4 is 20.1 Å². The number of halogens is 2. The maximum atomic E-state index is 12.0. The zero-order valence-electron chi connectivity index (χ0n) is 13.2. The number of methoxy groups -OCH3 is 2. The molecule has 8 heteroatoms. The van der Waals surface area contributed by atoms with E-state index in [1.807, 2.05) is 12.1 Å². The molecule has 0 saturated carbocycles. The first-order valence-corrected chi connectivity index (χ1v) is 7.91. The highest BCUT2D eigenvalue weighted by Gasteiger charge is 2.17. The third-order valence-corrected chi connectivity index (χ3v) is 4.00. The summed E-state index contributed by atoms with van der Waals surface area (Å²) in [5, 5.41) is 6.17. The average Bonchev–Trinajstić information content (AvgIpc) is 2.53. The Hall–Kier alpha value is -1.02. The molecule has 1 fully saturated rings. The van der Waals surface area contributed by atoms with Crippen molar-refractivity contribution in [3.8, 4) is 11.5 Å². The van der Waals surface area contributed by atoms with Crippen LogP contribution in [0.2, 0.25) is 0 Å². The van der Waals surface area contributed by atoms with Gasteiger partial charge in [0.2, 0.25) is 5.91 Å². The van der Waals surface area contributed by atoms with E-state index in [0.717, 1.165) is 16.6 Å². The van der Waals surface area contributed by atoms with E-state index in [-0.39, 0.29) is 24.4 Å². The SMILES string of the molecule is COc1cc(CNC(=O)CC2COCCN2)cc(Br)c1OC.Cl. The van der Waals surface area contributed by atoms with Gasteiger partial charge in [0.15, 0.2) is 11.5 Å². The van der Waals surface area contributed by atoms with Gasteiger partial charge in [-0.25, -0.2) is 0 Å². The fourth-order valence-corrected chi connectivity index (χ4v) is 2.97. The van der Waals surface area contributed by atoms with Crippen molar-refractivity contribution in [3.05, 3.63) is 22.2 Å². The number of benzene rings is 1. The lowest BCUT2D eigenvalue weighted by atomic mass is 10.1. The highest BCUT2D eigenvalue weighted by atomic mass is 79.9. The van der Waals surface area contributed by atoms with E-state index < -0.39 is 0 Å². The molecule has 1 aliphatic heterocycles. The van der Waals surface area contributed by atoms with E-state index in [1.54, 1.807) is 14.2 Å². The number of carbonyl (C=O) groups excluding carboxylic acids is 1. The molecule has 1 aromatic rings. The minimum Gasteiger partial charge on any atom is -0.493 e. The van der Waals surface area contributed by atoms with Gasteiger partial charge in [-0.1, -0.05) is 0 Å². The Kier molecular flexibility index (Phi) is 8.68. The van der Waals surface area contributed by atoms with Crippen LogP contribution >= 0.6 is 28.3 Å². The maximum absolute atomic E-state index is 12.0. The van der Waals surface area contributed by atoms with Crippen LogP contribution in [0.15, 0.2) is 16.6 Å². The van der Waals surface area contributed by atoms with Crippen molar-refractivity contribution in [3.63, 3.8) is 0 Å². The predicted molar refractivity (Wildman–Crippen MR) is 93.6 cm³/mol. The summed E-state index contributed by atoms with van der Waals surface area (Å²) in [6.45, 7) is 2.51. The molecule has 0 spiro atoms. The molecule has 23 heavy (non-hydrogen) atoms. The summed E-state index contributed by atoms with van der Waals surface area (Å²) < 4.78 is 16.7. The number of rotatable bonds is 6. The zero-order chi connectivity index (χ0) is 15.9. The quantitative estimate of drug-likeness (QED) is 0.751. The van der Waals surface area contributed by atoms with Crippen molar-refractivity contribution in [1.29, 1.82) is 0 Å². The molecule has 1 aliphatic rings. The lowest BCUT2D eigenvalue weighted by Gasteiger charge is -2.23. The topological polar surface area (TPSA) is 68.8 Å². The Morgan fingerprint density at radius 2 is 2.22 bits per heavy atom. The summed E-state index contributed by atoms with van der Waals surface area (Å²) in [5.74, 6) is 1.26. The van der Waals surface area contributed by atoms with Crippen molar-refractivity contribution in [2.45, 2.75) is 19.0 Å². The molecule has 1 aromatic carbocycles. The molecule has 130 valence electrons. The highest BCUT2D eigenvalue weighted by Crippen LogP contribution is 2.36. The van der Waals surface area contributed by atoms with E-state index >= 15 is 0 Å². The largest absolute Gasteiger partial charge is 0.493 e. The number of ether oxygens (including phenoxy) is 3. The van der Waals surface area contributed by atoms with Gasteiger partial charge in [-0.3, -0.25) is 4.79 Å². The minimum atomic E-state index is -0.00564. The Morgan fingerprint density at radius 1 is 1.43 bits per heavy atom. The minimum absolute atomic E-state index is 0. The van der Waals surface area contributed by atoms with Crippen LogP contribution in [0.25, 0.3) is 0 Å². The molecule has 6 nitrogen and oxygen atoms in total. The fraction of sp³-hybridized carbons (Fsp3) is 0.533. The first kappa shape index (κ1) is 20.0. The summed E-state index contributed by atoms with van der Waals surface area (Å²) in [5.41, 5.74) is 0.936. The van der Waals surface area contributed by atoms with Crippen LogP contribution in [0.4, 0.5) is 0 Å². The summed E-state index contributed by atoms with van der Waals surface area (Å²) in [7, 11) is 3.17. The van der Waals surface area contributed by atoms with Crippen molar-refractivity contribution in [1.82, 2.24) is 10.6 Å². The standard InChI is InChI=1S/C15H21BrN2O4.ClH/c1-20-13-6-10(5-12(16)15(13)21-2)8-18-14(19)7-11-9-22-4-3-17-11;/h5-6,11,17H,3-4,7-9H2,1-2H3,(H,18,19);1H. The van der Waals surface area contributed by atoms with Crippen LogP contribution in [0, 0.1) is 0 Å². The Labute approximate surface area is 150 Å². The van der Waals surface area contributed by atoms with Crippen LogP contribution in [0.1, 0.15) is 12.0 Å². The van der Waals surface area contributed by atoms with E-state index in [4.69, 9.17) is 14.2 Å². The summed E-state index contributed by atoms with van der Waals surface area (Å²) >= 11 is 3.44. The molecule has 0 aliphatic carbocycles. The van der Waals surface area contributed by atoms with Gasteiger partial charge in [-0.15, -0.1) is 12.4 Å². The number of hydrogen-bond donors (Lipinski definition) is 2. The van der Waals surface area contributed by atoms with Crippen LogP contribution in [0.5, 0.6) is 11.5 Å². The third kappa shape index (κ3) is 5.84. The molecular weight excluding hydrogens is 388 g/mol. The Bertz CT molecular complexity index is 524. The lowest BCUT2D eigenvalue weighted by Crippen LogP contribution is -2.44. The first-order chi connectivity index (χ1) is 10.6. The first-order valence-electron chi connectivity index (χ1n) is 7.12. The third-order valence-electron chi connectivity index (χ3n) is 3.41. The average molecular weight is 410 g/mol. The number of nitrogens with one attached hydrogen (secondary N) is 2. The molecule has 2 N–H and O–H groups in total. The summed E-state index contributed by atoms with van der Waals surface area (Å²) in [6, 6.07) is 3.85. The van der Waals surface area contributed by atoms with Crippen LogP contribution in [0.3, 0.4) is 0 Å². The Morgan fingerprint density at radius 3 is 2.83 bits per heavy atom. The number of hydrogen-bond acceptors (Lipinski definition) is 5. The van der Waals surface area contributed by atoms with E-state index in [0.29, 0.717) is 37.7 Å². The van der Waals surface area contributed by atoms with Gasteiger partial charge in [0.25, 0.3) is 0 Å². The smallest absolute Gasteiger partial charge is 0.221 e. The molecule has 0 bridgehead atoms. The highest BCUT2D eigenvalue weighted by molar-refractivity contribution is 9.10. The van der Waals surface area contributed by atoms with Crippen molar-refractivity contribution in [2.75, 3.05) is 34.0 Å². The molecule has 1 heterocycles. The van der Waals surface area contributed by atoms with Crippen LogP contribution in [-0.4, -0.2) is 45.9 Å². The van der Waals surface area contributed by atoms with Gasteiger partial charge < -0.3 is 24.8 Å². The van der Waals surface area contributed by atoms with Gasteiger partial charge >= 0.3 is 0 Å². The lowest BCUT2D eigenvalue weighted by molar-refractivity contribution is -0.122. The van der Waals surface area contributed by atoms with E-state index in [2.05, 4.69) is 26.6 Å². The molecule has 0 aromatic heterocycles. The second-order valence-electron chi connectivity index (χ2n) is 5.02. The number of carbonyl (C=O) groups is 1. The number of amides is 1. The second-order valence-corrected chi connectivity index (χ2v) is 5.87. The van der Waals surface area contributed by atoms with Gasteiger partial charge in [-0.2, -0.15) is 0 Å². The second kappa shape index (κ2) is 9.97. The molecule has 1 unspecified atom stereocenters. The van der Waals surface area contributed by atoms with E-state index in [1.165, 1.54) is 0 Å². The normalized spacial score (nSPS) is 17.1. The fourth-order valence-electron chi connectivity index (χ4n) is 2.32. The molecular formula is C15H22BrClN2O4. The molecule has 0 radical (unpaired) electrons. The van der Waals surface area contributed by atoms with Crippen LogP contribution in [-0.2, 0) is 16.1 Å². The molecule has 2 rings (SSSR count). The maximum Gasteiger partial charge on any atom is 0.221 e. The van der Waals surface area contributed by atoms with Gasteiger partial charge in [0.1, 0.15) is 0 Å². The number of morpholine rings is 1. The monoisotopic (exact) mass is 408 g/mol. The van der Waals surface area contributed by atoms with Crippen molar-refractivity contribution >= 4 is 34.2 Å².